The number of benzene rings is 2. The van der Waals surface area contributed by atoms with Gasteiger partial charge in [0.05, 0.1) is 128 Å². The van der Waals surface area contributed by atoms with Crippen molar-refractivity contribution < 1.29 is 28.4 Å². The van der Waals surface area contributed by atoms with Gasteiger partial charge in [0.1, 0.15) is 23.0 Å². The van der Waals surface area contributed by atoms with Gasteiger partial charge in [0.15, 0.2) is 0 Å². The average Bonchev–Trinajstić information content (AvgIpc) is 3.86. The molecule has 328 valence electrons. The Morgan fingerprint density at radius 1 is 0.597 bits per heavy atom. The molecule has 0 aliphatic carbocycles. The second kappa shape index (κ2) is 22.5. The maximum atomic E-state index is 7.32. The van der Waals surface area contributed by atoms with E-state index in [2.05, 4.69) is 35.2 Å². The first-order valence-corrected chi connectivity index (χ1v) is 20.3. The Morgan fingerprint density at radius 2 is 1.00 bits per heavy atom. The van der Waals surface area contributed by atoms with E-state index >= 15 is 0 Å². The number of halogens is 5. The summed E-state index contributed by atoms with van der Waals surface area (Å²) < 4.78 is 31.5. The van der Waals surface area contributed by atoms with Crippen molar-refractivity contribution in [1.29, 1.82) is 5.26 Å². The van der Waals surface area contributed by atoms with Gasteiger partial charge in [-0.05, 0) is 23.7 Å². The van der Waals surface area contributed by atoms with E-state index in [0.717, 1.165) is 10.8 Å². The van der Waals surface area contributed by atoms with Crippen LogP contribution in [-0.4, -0.2) is 109 Å². The Hall–Kier alpha value is -4.84. The number of nitrogens with one attached hydrogen (secondary N) is 1. The van der Waals surface area contributed by atoms with Crippen LogP contribution in [0.1, 0.15) is 6.92 Å². The van der Waals surface area contributed by atoms with Gasteiger partial charge < -0.3 is 50.9 Å². The number of hydrogen-bond acceptors (Lipinski definition) is 17. The van der Waals surface area contributed by atoms with Crippen LogP contribution in [0.3, 0.4) is 0 Å². The van der Waals surface area contributed by atoms with Crippen molar-refractivity contribution >= 4 is 85.8 Å². The first kappa shape index (κ1) is 48.2. The smallest absolute Gasteiger partial charge is 0.223 e. The van der Waals surface area contributed by atoms with Crippen molar-refractivity contribution in [2.45, 2.75) is 31.1 Å². The summed E-state index contributed by atoms with van der Waals surface area (Å²) in [5.41, 5.74) is 20.3. The first-order chi connectivity index (χ1) is 29.8. The highest BCUT2D eigenvalue weighted by atomic mass is 35.5. The number of aromatic nitrogens is 6. The van der Waals surface area contributed by atoms with Gasteiger partial charge in [-0.3, -0.25) is 9.97 Å². The van der Waals surface area contributed by atoms with Gasteiger partial charge in [0.25, 0.3) is 0 Å². The normalized spacial score (nSPS) is 17.7. The summed E-state index contributed by atoms with van der Waals surface area (Å²) in [6.45, 7) is 3.72. The Morgan fingerprint density at radius 3 is 1.39 bits per heavy atom. The van der Waals surface area contributed by atoms with Crippen molar-refractivity contribution in [2.75, 3.05) is 60.2 Å². The predicted octanol–water partition coefficient (Wildman–Crippen LogP) is 7.02. The van der Waals surface area contributed by atoms with E-state index in [4.69, 9.17) is 109 Å². The lowest BCUT2D eigenvalue weighted by Gasteiger charge is -2.16. The van der Waals surface area contributed by atoms with Crippen LogP contribution in [0.25, 0.3) is 44.3 Å². The molecule has 0 amide bonds. The number of nitriles is 1. The lowest BCUT2D eigenvalue weighted by molar-refractivity contribution is 0.191. The molecule has 2 aliphatic heterocycles. The first-order valence-electron chi connectivity index (χ1n) is 18.4. The predicted molar refractivity (Wildman–Crippen MR) is 241 cm³/mol. The van der Waals surface area contributed by atoms with Crippen molar-refractivity contribution in [1.82, 2.24) is 29.9 Å². The van der Waals surface area contributed by atoms with Crippen LogP contribution in [0.5, 0.6) is 23.0 Å². The van der Waals surface area contributed by atoms with E-state index in [9.17, 15) is 0 Å². The topological polar surface area (TPSA) is 247 Å². The standard InChI is InChI=1S/C19H19Cl2N5O3.C15H10Cl3N3O2.C4H10N2O.C2H3N/c1-27-14-4-15(28-2)18(21)16(17(14)20)11-3-9-5-24-19(25-12(9)6-23-11)26-13-8-29-7-10(13)22;1-22-10-4-11(23-2)14(17)12(13(10)16)8-3-7-5-20-15(18)21-9(7)6-19-8;5-3-1-7-2-4(3)6;1-2-3/h3-6,10,13H,7-8,22H2,1-2H3,(H,24,25,26);3-6H,1-2H3;3-4H,1-2,5-6H2;1H3/t10-,13+;;3-,4+;/m0.../s1. The number of hydrogen-bond donors (Lipinski definition) is 4. The summed E-state index contributed by atoms with van der Waals surface area (Å²) in [5, 5.41) is 13.6. The summed E-state index contributed by atoms with van der Waals surface area (Å²) in [6, 6.07) is 8.61. The Kier molecular flexibility index (Phi) is 17.5. The zero-order valence-electron chi connectivity index (χ0n) is 34.0. The molecule has 62 heavy (non-hydrogen) atoms. The fourth-order valence-electron chi connectivity index (χ4n) is 5.88. The molecule has 6 heterocycles. The highest BCUT2D eigenvalue weighted by Gasteiger charge is 2.26. The number of nitrogens with zero attached hydrogens (tertiary/aromatic N) is 7. The van der Waals surface area contributed by atoms with Crippen molar-refractivity contribution in [3.8, 4) is 51.6 Å². The van der Waals surface area contributed by atoms with Gasteiger partial charge >= 0.3 is 0 Å². The number of rotatable bonds is 8. The van der Waals surface area contributed by atoms with Crippen LogP contribution in [0.4, 0.5) is 5.95 Å². The van der Waals surface area contributed by atoms with E-state index in [0.29, 0.717) is 109 Å². The highest BCUT2D eigenvalue weighted by Crippen LogP contribution is 2.47. The largest absolute Gasteiger partial charge is 0.495 e. The van der Waals surface area contributed by atoms with E-state index in [-0.39, 0.29) is 29.5 Å². The molecule has 0 radical (unpaired) electrons. The second-order valence-corrected chi connectivity index (χ2v) is 15.0. The summed E-state index contributed by atoms with van der Waals surface area (Å²) in [5.74, 6) is 2.23. The molecule has 0 bridgehead atoms. The third kappa shape index (κ3) is 11.4. The molecule has 0 saturated carbocycles. The molecule has 8 rings (SSSR count). The molecule has 0 spiro atoms. The lowest BCUT2D eigenvalue weighted by Crippen LogP contribution is -2.39. The quantitative estimate of drug-likeness (QED) is 0.112. The fourth-order valence-corrected chi connectivity index (χ4v) is 7.41. The molecule has 2 saturated heterocycles. The van der Waals surface area contributed by atoms with Crippen LogP contribution in [0, 0.1) is 11.3 Å². The molecule has 2 aliphatic rings. The third-order valence-electron chi connectivity index (χ3n) is 9.17. The number of methoxy groups -OCH3 is 4. The van der Waals surface area contributed by atoms with E-state index in [1.807, 2.05) is 6.07 Å². The lowest BCUT2D eigenvalue weighted by atomic mass is 10.1. The molecule has 22 heteroatoms. The molecule has 2 fully saturated rings. The SMILES string of the molecule is CC#N.COc1cc(OC)c(Cl)c(-c2cc3cnc(Cl)nc3cn2)c1Cl.COc1cc(OC)c(Cl)c(-c2cc3cnc(N[C@@H]4COC[C@@H]4N)nc3cn2)c1Cl.N[C@@H]1COC[C@@H]1N. The van der Waals surface area contributed by atoms with Gasteiger partial charge in [-0.25, -0.2) is 19.9 Å². The number of anilines is 1. The summed E-state index contributed by atoms with van der Waals surface area (Å²) >= 11 is 31.6. The Bertz CT molecular complexity index is 2490. The zero-order valence-corrected chi connectivity index (χ0v) is 37.7. The van der Waals surface area contributed by atoms with Gasteiger partial charge in [-0.15, -0.1) is 0 Å². The molecular formula is C40H42Cl5N11O6. The summed E-state index contributed by atoms with van der Waals surface area (Å²) in [4.78, 5) is 25.8. The van der Waals surface area contributed by atoms with Crippen LogP contribution >= 0.6 is 58.0 Å². The van der Waals surface area contributed by atoms with Gasteiger partial charge in [-0.2, -0.15) is 5.26 Å². The number of nitrogens with two attached hydrogens (primary N) is 3. The Balaban J connectivity index is 0.000000195. The minimum Gasteiger partial charge on any atom is -0.495 e. The van der Waals surface area contributed by atoms with E-state index in [1.54, 1.807) is 49.1 Å². The second-order valence-electron chi connectivity index (χ2n) is 13.2. The maximum Gasteiger partial charge on any atom is 0.223 e. The van der Waals surface area contributed by atoms with Gasteiger partial charge in [-0.1, -0.05) is 46.4 Å². The summed E-state index contributed by atoms with van der Waals surface area (Å²) in [6.07, 6.45) is 6.53. The molecule has 6 aromatic rings. The minimum absolute atomic E-state index is 0.0263. The van der Waals surface area contributed by atoms with Gasteiger partial charge in [0, 0.05) is 65.4 Å². The molecule has 2 aromatic carbocycles. The van der Waals surface area contributed by atoms with Crippen LogP contribution < -0.4 is 41.5 Å². The van der Waals surface area contributed by atoms with Crippen molar-refractivity contribution in [3.63, 3.8) is 0 Å². The minimum atomic E-state index is -0.0953. The zero-order chi connectivity index (χ0) is 45.1. The molecular weight excluding hydrogens is 908 g/mol. The van der Waals surface area contributed by atoms with Crippen LogP contribution in [-0.2, 0) is 9.47 Å². The maximum absolute atomic E-state index is 7.32. The molecule has 0 unspecified atom stereocenters. The molecule has 4 aromatic heterocycles. The summed E-state index contributed by atoms with van der Waals surface area (Å²) in [7, 11) is 6.08. The van der Waals surface area contributed by atoms with Gasteiger partial charge in [0.2, 0.25) is 11.2 Å². The van der Waals surface area contributed by atoms with Crippen LogP contribution in [0.15, 0.2) is 49.1 Å². The number of pyridine rings is 2. The average molecular weight is 950 g/mol. The monoisotopic (exact) mass is 947 g/mol. The van der Waals surface area contributed by atoms with Crippen molar-refractivity contribution in [3.05, 3.63) is 74.4 Å². The number of ether oxygens (including phenoxy) is 6. The highest BCUT2D eigenvalue weighted by molar-refractivity contribution is 6.41. The molecule has 7 N–H and O–H groups in total. The third-order valence-corrected chi connectivity index (χ3v) is 10.9. The number of fused-ring (bicyclic) bond motifs is 2. The van der Waals surface area contributed by atoms with E-state index < -0.39 is 0 Å². The van der Waals surface area contributed by atoms with Crippen LogP contribution in [0.2, 0.25) is 25.4 Å². The molecule has 4 atom stereocenters. The fraction of sp³-hybridized carbons (Fsp3) is 0.325. The molecule has 17 nitrogen and oxygen atoms in total. The van der Waals surface area contributed by atoms with E-state index in [1.165, 1.54) is 35.4 Å². The van der Waals surface area contributed by atoms with Crippen molar-refractivity contribution in [2.24, 2.45) is 17.2 Å². The Labute approximate surface area is 382 Å².